The van der Waals surface area contributed by atoms with E-state index in [-0.39, 0.29) is 18.1 Å². The molecule has 1 aromatic carbocycles. The summed E-state index contributed by atoms with van der Waals surface area (Å²) in [7, 11) is -3.01. The lowest BCUT2D eigenvalue weighted by molar-refractivity contribution is 0.288. The van der Waals surface area contributed by atoms with Crippen LogP contribution >= 0.6 is 11.6 Å². The van der Waals surface area contributed by atoms with E-state index in [1.165, 1.54) is 0 Å². The van der Waals surface area contributed by atoms with Crippen molar-refractivity contribution in [2.45, 2.75) is 19.7 Å². The van der Waals surface area contributed by atoms with Crippen molar-refractivity contribution < 1.29 is 17.9 Å². The van der Waals surface area contributed by atoms with Gasteiger partial charge in [-0.25, -0.2) is 8.42 Å². The maximum absolute atomic E-state index is 11.4. The molecule has 0 atom stereocenters. The fourth-order valence-electron chi connectivity index (χ4n) is 1.45. The van der Waals surface area contributed by atoms with Gasteiger partial charge in [-0.2, -0.15) is 0 Å². The van der Waals surface area contributed by atoms with Gasteiger partial charge in [0.25, 0.3) is 0 Å². The largest absolute Gasteiger partial charge is 0.490 e. The summed E-state index contributed by atoms with van der Waals surface area (Å²) in [5.41, 5.74) is 0.929. The third-order valence-electron chi connectivity index (χ3n) is 2.55. The first-order chi connectivity index (χ1) is 9.02. The molecule has 0 spiro atoms. The summed E-state index contributed by atoms with van der Waals surface area (Å²) in [6.07, 6.45) is 0. The van der Waals surface area contributed by atoms with Crippen molar-refractivity contribution in [1.82, 2.24) is 0 Å². The van der Waals surface area contributed by atoms with Gasteiger partial charge in [-0.05, 0) is 24.6 Å². The highest BCUT2D eigenvalue weighted by molar-refractivity contribution is 7.91. The average Bonchev–Trinajstić information content (AvgIpc) is 2.40. The van der Waals surface area contributed by atoms with E-state index in [0.717, 1.165) is 5.56 Å². The van der Waals surface area contributed by atoms with Crippen LogP contribution in [-0.4, -0.2) is 33.1 Å². The van der Waals surface area contributed by atoms with E-state index in [9.17, 15) is 8.42 Å². The molecule has 1 rings (SSSR count). The van der Waals surface area contributed by atoms with Crippen molar-refractivity contribution in [1.29, 1.82) is 0 Å². The quantitative estimate of drug-likeness (QED) is 0.693. The lowest BCUT2D eigenvalue weighted by Gasteiger charge is -2.12. The smallest absolute Gasteiger partial charge is 0.161 e. The number of halogens is 1. The molecule has 0 N–H and O–H groups in total. The van der Waals surface area contributed by atoms with Crippen LogP contribution < -0.4 is 9.47 Å². The Balaban J connectivity index is 2.72. The highest BCUT2D eigenvalue weighted by atomic mass is 35.5. The van der Waals surface area contributed by atoms with Crippen LogP contribution in [0, 0.1) is 0 Å². The first-order valence-corrected chi connectivity index (χ1v) is 8.53. The zero-order chi connectivity index (χ0) is 14.3. The molecule has 6 heteroatoms. The Morgan fingerprint density at radius 1 is 1.16 bits per heavy atom. The second kappa shape index (κ2) is 7.60. The average molecular weight is 307 g/mol. The summed E-state index contributed by atoms with van der Waals surface area (Å²) in [5.74, 6) is 1.66. The minimum Gasteiger partial charge on any atom is -0.490 e. The van der Waals surface area contributed by atoms with Gasteiger partial charge in [0.1, 0.15) is 6.61 Å². The third kappa shape index (κ3) is 5.28. The number of sulfone groups is 1. The van der Waals surface area contributed by atoms with Crippen LogP contribution in [0.25, 0.3) is 0 Å². The summed E-state index contributed by atoms with van der Waals surface area (Å²) in [6, 6.07) is 5.39. The van der Waals surface area contributed by atoms with Crippen molar-refractivity contribution in [3.8, 4) is 11.5 Å². The molecule has 0 aromatic heterocycles. The van der Waals surface area contributed by atoms with E-state index in [4.69, 9.17) is 21.1 Å². The molecule has 0 heterocycles. The molecule has 0 radical (unpaired) electrons. The molecular formula is C13H19ClO4S. The lowest BCUT2D eigenvalue weighted by atomic mass is 10.2. The van der Waals surface area contributed by atoms with E-state index in [0.29, 0.717) is 24.0 Å². The summed E-state index contributed by atoms with van der Waals surface area (Å²) in [4.78, 5) is 0. The van der Waals surface area contributed by atoms with Crippen LogP contribution in [0.4, 0.5) is 0 Å². The van der Waals surface area contributed by atoms with Crippen LogP contribution in [0.1, 0.15) is 19.4 Å². The monoisotopic (exact) mass is 306 g/mol. The maximum atomic E-state index is 11.4. The van der Waals surface area contributed by atoms with Gasteiger partial charge >= 0.3 is 0 Å². The zero-order valence-electron chi connectivity index (χ0n) is 11.2. The Bertz CT molecular complexity index is 499. The maximum Gasteiger partial charge on any atom is 0.161 e. The van der Waals surface area contributed by atoms with Gasteiger partial charge < -0.3 is 9.47 Å². The normalized spacial score (nSPS) is 11.3. The molecule has 0 aliphatic carbocycles. The molecule has 0 unspecified atom stereocenters. The molecule has 19 heavy (non-hydrogen) atoms. The molecule has 0 aliphatic rings. The Hall–Kier alpha value is -0.940. The van der Waals surface area contributed by atoms with Crippen LogP contribution in [0.3, 0.4) is 0 Å². The Kier molecular flexibility index (Phi) is 6.45. The van der Waals surface area contributed by atoms with E-state index in [2.05, 4.69) is 0 Å². The fourth-order valence-corrected chi connectivity index (χ4v) is 2.24. The molecule has 4 nitrogen and oxygen atoms in total. The molecule has 0 fully saturated rings. The second-order valence-electron chi connectivity index (χ2n) is 3.93. The van der Waals surface area contributed by atoms with E-state index < -0.39 is 9.84 Å². The minimum atomic E-state index is -3.01. The summed E-state index contributed by atoms with van der Waals surface area (Å²) in [5, 5.41) is 0. The van der Waals surface area contributed by atoms with Crippen molar-refractivity contribution in [3.05, 3.63) is 23.8 Å². The summed E-state index contributed by atoms with van der Waals surface area (Å²) in [6.45, 7) is 4.13. The van der Waals surface area contributed by atoms with E-state index >= 15 is 0 Å². The number of rotatable bonds is 8. The van der Waals surface area contributed by atoms with Crippen LogP contribution in [-0.2, 0) is 15.7 Å². The van der Waals surface area contributed by atoms with E-state index in [1.54, 1.807) is 19.1 Å². The molecule has 0 aliphatic heterocycles. The first-order valence-electron chi connectivity index (χ1n) is 6.17. The number of alkyl halides is 1. The van der Waals surface area contributed by atoms with Gasteiger partial charge in [-0.3, -0.25) is 0 Å². The standard InChI is InChI=1S/C13H19ClO4S/c1-3-17-13-9-11(10-14)5-6-12(13)18-7-8-19(15,16)4-2/h5-6,9H,3-4,7-8,10H2,1-2H3. The third-order valence-corrected chi connectivity index (χ3v) is 4.53. The van der Waals surface area contributed by atoms with Gasteiger partial charge in [0.15, 0.2) is 21.3 Å². The molecule has 0 bridgehead atoms. The zero-order valence-corrected chi connectivity index (χ0v) is 12.8. The Morgan fingerprint density at radius 2 is 1.89 bits per heavy atom. The van der Waals surface area contributed by atoms with Crippen molar-refractivity contribution in [2.75, 3.05) is 24.7 Å². The molecule has 0 saturated heterocycles. The molecular weight excluding hydrogens is 288 g/mol. The SMILES string of the molecule is CCOc1cc(CCl)ccc1OCCS(=O)(=O)CC. The van der Waals surface area contributed by atoms with Crippen LogP contribution in [0.5, 0.6) is 11.5 Å². The predicted molar refractivity (Wildman–Crippen MR) is 77.0 cm³/mol. The molecule has 0 amide bonds. The van der Waals surface area contributed by atoms with Crippen LogP contribution in [0.15, 0.2) is 18.2 Å². The van der Waals surface area contributed by atoms with Gasteiger partial charge in [0.05, 0.1) is 12.4 Å². The fraction of sp³-hybridized carbons (Fsp3) is 0.538. The highest BCUT2D eigenvalue weighted by Gasteiger charge is 2.10. The first kappa shape index (κ1) is 16.1. The Morgan fingerprint density at radius 3 is 2.47 bits per heavy atom. The van der Waals surface area contributed by atoms with Crippen molar-refractivity contribution >= 4 is 21.4 Å². The number of ether oxygens (including phenoxy) is 2. The van der Waals surface area contributed by atoms with Gasteiger partial charge in [0.2, 0.25) is 0 Å². The highest BCUT2D eigenvalue weighted by Crippen LogP contribution is 2.29. The van der Waals surface area contributed by atoms with Gasteiger partial charge in [0, 0.05) is 11.6 Å². The van der Waals surface area contributed by atoms with Gasteiger partial charge in [-0.1, -0.05) is 13.0 Å². The Labute approximate surface area is 119 Å². The number of benzene rings is 1. The summed E-state index contributed by atoms with van der Waals surface area (Å²) >= 11 is 5.76. The van der Waals surface area contributed by atoms with Crippen molar-refractivity contribution in [2.24, 2.45) is 0 Å². The van der Waals surface area contributed by atoms with E-state index in [1.807, 2.05) is 13.0 Å². The predicted octanol–water partition coefficient (Wildman–Crippen LogP) is 2.64. The molecule has 0 saturated carbocycles. The number of hydrogen-bond donors (Lipinski definition) is 0. The van der Waals surface area contributed by atoms with Crippen molar-refractivity contribution in [3.63, 3.8) is 0 Å². The minimum absolute atomic E-state index is 0.00627. The lowest BCUT2D eigenvalue weighted by Crippen LogP contribution is -2.15. The summed E-state index contributed by atoms with van der Waals surface area (Å²) < 4.78 is 33.7. The topological polar surface area (TPSA) is 52.6 Å². The molecule has 1 aromatic rings. The van der Waals surface area contributed by atoms with Crippen LogP contribution in [0.2, 0.25) is 0 Å². The second-order valence-corrected chi connectivity index (χ2v) is 6.67. The molecule has 108 valence electrons. The number of hydrogen-bond acceptors (Lipinski definition) is 4. The van der Waals surface area contributed by atoms with Gasteiger partial charge in [-0.15, -0.1) is 11.6 Å².